The number of aliphatic hydroxyl groups excluding tert-OH is 2. The molecule has 0 saturated carbocycles. The van der Waals surface area contributed by atoms with Crippen molar-refractivity contribution >= 4 is 0 Å². The molecule has 0 aliphatic rings. The van der Waals surface area contributed by atoms with Gasteiger partial charge in [-0.2, -0.15) is 0 Å². The number of benzene rings is 1. The molecule has 2 N–H and O–H groups in total. The molecule has 0 bridgehead atoms. The minimum Gasteiger partial charge on any atom is -0.390 e. The lowest BCUT2D eigenvalue weighted by Crippen LogP contribution is -2.27. The maximum atomic E-state index is 9.70. The number of rotatable bonds is 4. The Kier molecular flexibility index (Phi) is 4.30. The van der Waals surface area contributed by atoms with Crippen molar-refractivity contribution in [3.05, 3.63) is 34.9 Å². The molecule has 2 unspecified atom stereocenters. The fraction of sp³-hybridized carbons (Fsp3) is 0.538. The minimum atomic E-state index is -0.656. The summed E-state index contributed by atoms with van der Waals surface area (Å²) in [5.74, 6) is 0. The van der Waals surface area contributed by atoms with E-state index in [9.17, 15) is 10.2 Å². The Labute approximate surface area is 91.6 Å². The zero-order chi connectivity index (χ0) is 11.4. The van der Waals surface area contributed by atoms with Gasteiger partial charge in [-0.15, -0.1) is 0 Å². The van der Waals surface area contributed by atoms with Gasteiger partial charge in [0.15, 0.2) is 0 Å². The van der Waals surface area contributed by atoms with Crippen molar-refractivity contribution < 1.29 is 10.2 Å². The molecule has 1 aromatic carbocycles. The molecule has 0 saturated heterocycles. The number of aryl methyl sites for hydroxylation is 2. The van der Waals surface area contributed by atoms with Gasteiger partial charge in [0.2, 0.25) is 0 Å². The first-order valence-corrected chi connectivity index (χ1v) is 5.46. The van der Waals surface area contributed by atoms with Gasteiger partial charge in [0.1, 0.15) is 0 Å². The number of hydrogen-bond acceptors (Lipinski definition) is 2. The normalized spacial score (nSPS) is 15.0. The molecule has 0 aliphatic carbocycles. The Morgan fingerprint density at radius 2 is 1.53 bits per heavy atom. The number of aliphatic hydroxyl groups is 2. The Morgan fingerprint density at radius 3 is 2.00 bits per heavy atom. The van der Waals surface area contributed by atoms with E-state index in [-0.39, 0.29) is 0 Å². The molecular weight excluding hydrogens is 188 g/mol. The summed E-state index contributed by atoms with van der Waals surface area (Å²) in [6.45, 7) is 5.95. The van der Waals surface area contributed by atoms with Gasteiger partial charge in [0.25, 0.3) is 0 Å². The van der Waals surface area contributed by atoms with E-state index >= 15 is 0 Å². The lowest BCUT2D eigenvalue weighted by atomic mass is 9.99. The van der Waals surface area contributed by atoms with Crippen molar-refractivity contribution in [2.75, 3.05) is 0 Å². The molecule has 2 nitrogen and oxygen atoms in total. The summed E-state index contributed by atoms with van der Waals surface area (Å²) in [7, 11) is 0. The van der Waals surface area contributed by atoms with Crippen LogP contribution in [-0.2, 0) is 6.42 Å². The van der Waals surface area contributed by atoms with Gasteiger partial charge in [0.05, 0.1) is 12.2 Å². The van der Waals surface area contributed by atoms with E-state index in [0.717, 1.165) is 5.56 Å². The molecule has 1 aromatic rings. The third-order valence-electron chi connectivity index (χ3n) is 2.59. The van der Waals surface area contributed by atoms with E-state index in [4.69, 9.17) is 0 Å². The summed E-state index contributed by atoms with van der Waals surface area (Å²) in [5, 5.41) is 19.2. The van der Waals surface area contributed by atoms with Crippen molar-refractivity contribution in [3.8, 4) is 0 Å². The monoisotopic (exact) mass is 208 g/mol. The van der Waals surface area contributed by atoms with Crippen molar-refractivity contribution in [3.63, 3.8) is 0 Å². The maximum Gasteiger partial charge on any atom is 0.0839 e. The molecule has 84 valence electrons. The molecule has 0 heterocycles. The fourth-order valence-electron chi connectivity index (χ4n) is 1.84. The first-order chi connectivity index (χ1) is 7.02. The number of hydrogen-bond donors (Lipinski definition) is 2. The predicted octanol–water partition coefficient (Wildman–Crippen LogP) is 1.98. The van der Waals surface area contributed by atoms with Crippen molar-refractivity contribution in [2.45, 2.75) is 45.8 Å². The Morgan fingerprint density at radius 1 is 1.00 bits per heavy atom. The van der Waals surface area contributed by atoms with Crippen LogP contribution in [0, 0.1) is 13.8 Å². The highest BCUT2D eigenvalue weighted by Gasteiger charge is 2.14. The van der Waals surface area contributed by atoms with Crippen LogP contribution in [0.5, 0.6) is 0 Å². The molecule has 0 fully saturated rings. The van der Waals surface area contributed by atoms with Gasteiger partial charge in [-0.1, -0.05) is 36.2 Å². The summed E-state index contributed by atoms with van der Waals surface area (Å²) in [4.78, 5) is 0. The topological polar surface area (TPSA) is 40.5 Å². The second-order valence-corrected chi connectivity index (χ2v) is 4.24. The zero-order valence-electron chi connectivity index (χ0n) is 9.70. The zero-order valence-corrected chi connectivity index (χ0v) is 9.70. The molecule has 0 aliphatic heterocycles. The maximum absolute atomic E-state index is 9.70. The van der Waals surface area contributed by atoms with Crippen LogP contribution in [0.3, 0.4) is 0 Å². The summed E-state index contributed by atoms with van der Waals surface area (Å²) < 4.78 is 0. The Bertz CT molecular complexity index is 300. The van der Waals surface area contributed by atoms with E-state index in [1.54, 1.807) is 0 Å². The SMILES string of the molecule is CCC(O)C(O)Cc1cc(C)cc(C)c1. The summed E-state index contributed by atoms with van der Waals surface area (Å²) in [5.41, 5.74) is 3.49. The Hall–Kier alpha value is -0.860. The van der Waals surface area contributed by atoms with E-state index in [1.165, 1.54) is 11.1 Å². The van der Waals surface area contributed by atoms with Crippen molar-refractivity contribution in [2.24, 2.45) is 0 Å². The average Bonchev–Trinajstić information content (AvgIpc) is 2.14. The second-order valence-electron chi connectivity index (χ2n) is 4.24. The van der Waals surface area contributed by atoms with E-state index in [1.807, 2.05) is 20.8 Å². The summed E-state index contributed by atoms with van der Waals surface area (Å²) in [6, 6.07) is 6.21. The molecule has 2 atom stereocenters. The standard InChI is InChI=1S/C13H20O2/c1-4-12(14)13(15)8-11-6-9(2)5-10(3)7-11/h5-7,12-15H,4,8H2,1-3H3. The smallest absolute Gasteiger partial charge is 0.0839 e. The summed E-state index contributed by atoms with van der Waals surface area (Å²) >= 11 is 0. The van der Waals surface area contributed by atoms with Crippen LogP contribution in [-0.4, -0.2) is 22.4 Å². The first-order valence-electron chi connectivity index (χ1n) is 5.46. The molecule has 0 aromatic heterocycles. The Balaban J connectivity index is 2.72. The van der Waals surface area contributed by atoms with Gasteiger partial charge in [-0.25, -0.2) is 0 Å². The largest absolute Gasteiger partial charge is 0.390 e. The second kappa shape index (κ2) is 5.29. The molecule has 0 amide bonds. The highest BCUT2D eigenvalue weighted by atomic mass is 16.3. The first kappa shape index (κ1) is 12.2. The van der Waals surface area contributed by atoms with Crippen LogP contribution in [0.25, 0.3) is 0 Å². The van der Waals surface area contributed by atoms with Gasteiger partial charge in [-0.05, 0) is 25.8 Å². The quantitative estimate of drug-likeness (QED) is 0.794. The lowest BCUT2D eigenvalue weighted by molar-refractivity contribution is 0.0181. The van der Waals surface area contributed by atoms with E-state index < -0.39 is 12.2 Å². The van der Waals surface area contributed by atoms with Gasteiger partial charge in [-0.3, -0.25) is 0 Å². The third-order valence-corrected chi connectivity index (χ3v) is 2.59. The molecule has 1 rings (SSSR count). The van der Waals surface area contributed by atoms with Gasteiger partial charge >= 0.3 is 0 Å². The molecule has 15 heavy (non-hydrogen) atoms. The van der Waals surface area contributed by atoms with Crippen LogP contribution in [0.4, 0.5) is 0 Å². The van der Waals surface area contributed by atoms with Crippen LogP contribution < -0.4 is 0 Å². The lowest BCUT2D eigenvalue weighted by Gasteiger charge is -2.16. The van der Waals surface area contributed by atoms with Gasteiger partial charge < -0.3 is 10.2 Å². The third kappa shape index (κ3) is 3.65. The molecule has 2 heteroatoms. The highest BCUT2D eigenvalue weighted by molar-refractivity contribution is 5.29. The molecular formula is C13H20O2. The van der Waals surface area contributed by atoms with E-state index in [2.05, 4.69) is 18.2 Å². The summed E-state index contributed by atoms with van der Waals surface area (Å²) in [6.07, 6.45) is -0.161. The van der Waals surface area contributed by atoms with Crippen LogP contribution in [0.15, 0.2) is 18.2 Å². The highest BCUT2D eigenvalue weighted by Crippen LogP contribution is 2.13. The molecule has 0 spiro atoms. The average molecular weight is 208 g/mol. The minimum absolute atomic E-state index is 0.525. The van der Waals surface area contributed by atoms with Crippen LogP contribution in [0.1, 0.15) is 30.0 Å². The fourth-order valence-corrected chi connectivity index (χ4v) is 1.84. The van der Waals surface area contributed by atoms with E-state index in [0.29, 0.717) is 12.8 Å². The van der Waals surface area contributed by atoms with Crippen LogP contribution in [0.2, 0.25) is 0 Å². The van der Waals surface area contributed by atoms with Gasteiger partial charge in [0, 0.05) is 6.42 Å². The molecule has 0 radical (unpaired) electrons. The van der Waals surface area contributed by atoms with Crippen molar-refractivity contribution in [1.82, 2.24) is 0 Å². The predicted molar refractivity (Wildman–Crippen MR) is 61.9 cm³/mol. The van der Waals surface area contributed by atoms with Crippen LogP contribution >= 0.6 is 0 Å². The van der Waals surface area contributed by atoms with Crippen molar-refractivity contribution in [1.29, 1.82) is 0 Å².